The number of benzene rings is 1. The van der Waals surface area contributed by atoms with Gasteiger partial charge >= 0.3 is 12.3 Å². The van der Waals surface area contributed by atoms with Gasteiger partial charge < -0.3 is 19.3 Å². The van der Waals surface area contributed by atoms with Crippen molar-refractivity contribution in [2.24, 2.45) is 0 Å². The predicted molar refractivity (Wildman–Crippen MR) is 120 cm³/mol. The van der Waals surface area contributed by atoms with Gasteiger partial charge in [0.15, 0.2) is 0 Å². The van der Waals surface area contributed by atoms with Gasteiger partial charge in [-0.25, -0.2) is 9.78 Å². The van der Waals surface area contributed by atoms with E-state index in [9.17, 15) is 27.3 Å². The van der Waals surface area contributed by atoms with Gasteiger partial charge in [-0.3, -0.25) is 10.1 Å². The largest absolute Gasteiger partial charge is 0.587 e. The number of carbonyl (C=O) groups excluding carboxylic acids is 2. The third-order valence-corrected chi connectivity index (χ3v) is 7.60. The number of anilines is 2. The average molecular weight is 521 g/mol. The van der Waals surface area contributed by atoms with Crippen LogP contribution in [-0.2, 0) is 20.9 Å². The van der Waals surface area contributed by atoms with Crippen LogP contribution in [0.2, 0.25) is 0 Å². The highest BCUT2D eigenvalue weighted by atomic mass is 32.2. The van der Waals surface area contributed by atoms with E-state index in [0.717, 1.165) is 13.8 Å². The Morgan fingerprint density at radius 3 is 2.68 bits per heavy atom. The molecule has 0 saturated heterocycles. The van der Waals surface area contributed by atoms with Crippen molar-refractivity contribution in [1.82, 2.24) is 10.3 Å². The number of hydrogen-bond acceptors (Lipinski definition) is 8. The first-order valence-corrected chi connectivity index (χ1v) is 12.0. The molecule has 2 amide bonds. The second-order valence-electron chi connectivity index (χ2n) is 7.92. The fraction of sp³-hybridized carbons (Fsp3) is 0.450. The molecule has 14 heteroatoms. The predicted octanol–water partition coefficient (Wildman–Crippen LogP) is 3.77. The molecule has 3 rings (SSSR count). The van der Waals surface area contributed by atoms with E-state index in [1.165, 1.54) is 40.8 Å². The standard InChI is InChI=1S/C20H23F3N4O5S2/c1-11-17(33-10-25-11)34(30)27-9-14(8-24-12(2)28)31-16-6-5-13(7-15(16)27)26-18(29)32-19(3,4)20(21,22)23/h5-7,10,14H,8-9H2,1-4H3,(H,24,28)(H,26,29)/t14-,34+/m0/s1. The SMILES string of the molecule is CC(=O)NC[C@H]1CN([S@+]([O-])c2scnc2C)c2cc(NC(=O)OC(C)(C)C(F)(F)F)ccc2O1. The molecular weight excluding hydrogens is 497 g/mol. The number of amides is 2. The maximum atomic E-state index is 13.4. The van der Waals surface area contributed by atoms with Crippen molar-refractivity contribution >= 4 is 46.1 Å². The number of thiazole rings is 1. The molecule has 1 aliphatic heterocycles. The third-order valence-electron chi connectivity index (χ3n) is 4.81. The number of aromatic nitrogens is 1. The Morgan fingerprint density at radius 1 is 1.38 bits per heavy atom. The summed E-state index contributed by atoms with van der Waals surface area (Å²) in [5.41, 5.74) is -0.0775. The van der Waals surface area contributed by atoms with Crippen LogP contribution >= 0.6 is 11.3 Å². The van der Waals surface area contributed by atoms with Gasteiger partial charge in [-0.15, -0.1) is 0 Å². The number of nitrogens with one attached hydrogen (secondary N) is 2. The van der Waals surface area contributed by atoms with Crippen molar-refractivity contribution in [2.45, 2.75) is 49.8 Å². The van der Waals surface area contributed by atoms with Gasteiger partial charge in [-0.2, -0.15) is 17.5 Å². The average Bonchev–Trinajstić information content (AvgIpc) is 3.15. The summed E-state index contributed by atoms with van der Waals surface area (Å²) >= 11 is -0.482. The normalized spacial score (nSPS) is 16.8. The van der Waals surface area contributed by atoms with Crippen LogP contribution in [0.4, 0.5) is 29.3 Å². The number of halogens is 3. The van der Waals surface area contributed by atoms with Gasteiger partial charge in [-0.1, -0.05) is 11.3 Å². The lowest BCUT2D eigenvalue weighted by atomic mass is 10.1. The van der Waals surface area contributed by atoms with Crippen molar-refractivity contribution in [1.29, 1.82) is 0 Å². The molecule has 0 unspecified atom stereocenters. The Labute approximate surface area is 200 Å². The summed E-state index contributed by atoms with van der Waals surface area (Å²) in [6, 6.07) is 4.34. The topological polar surface area (TPSA) is 116 Å². The van der Waals surface area contributed by atoms with Crippen molar-refractivity contribution in [3.63, 3.8) is 0 Å². The fourth-order valence-electron chi connectivity index (χ4n) is 2.90. The zero-order valence-corrected chi connectivity index (χ0v) is 20.3. The Kier molecular flexibility index (Phi) is 7.53. The summed E-state index contributed by atoms with van der Waals surface area (Å²) in [6.07, 6.45) is -6.57. The highest BCUT2D eigenvalue weighted by Crippen LogP contribution is 2.40. The summed E-state index contributed by atoms with van der Waals surface area (Å²) in [5, 5.41) is 4.93. The summed E-state index contributed by atoms with van der Waals surface area (Å²) in [6.45, 7) is 4.87. The number of fused-ring (bicyclic) bond motifs is 1. The molecule has 2 N–H and O–H groups in total. The molecule has 1 aromatic carbocycles. The first-order valence-electron chi connectivity index (χ1n) is 10.00. The van der Waals surface area contributed by atoms with Crippen molar-refractivity contribution in [3.05, 3.63) is 29.4 Å². The maximum Gasteiger partial charge on any atom is 0.427 e. The van der Waals surface area contributed by atoms with Gasteiger partial charge in [-0.05, 0) is 39.0 Å². The van der Waals surface area contributed by atoms with Crippen molar-refractivity contribution in [3.8, 4) is 5.75 Å². The van der Waals surface area contributed by atoms with Crippen LogP contribution in [0.1, 0.15) is 26.5 Å². The second kappa shape index (κ2) is 9.88. The van der Waals surface area contributed by atoms with Gasteiger partial charge in [0, 0.05) is 12.6 Å². The first-order chi connectivity index (χ1) is 15.8. The first kappa shape index (κ1) is 25.9. The molecule has 0 aliphatic carbocycles. The minimum atomic E-state index is -4.75. The van der Waals surface area contributed by atoms with Crippen molar-refractivity contribution < 1.29 is 36.8 Å². The number of ether oxygens (including phenoxy) is 2. The maximum absolute atomic E-state index is 13.4. The smallest absolute Gasteiger partial charge is 0.427 e. The zero-order valence-electron chi connectivity index (χ0n) is 18.7. The molecule has 186 valence electrons. The lowest BCUT2D eigenvalue weighted by Gasteiger charge is -2.35. The van der Waals surface area contributed by atoms with Gasteiger partial charge in [0.05, 0.1) is 12.1 Å². The Balaban J connectivity index is 1.87. The van der Waals surface area contributed by atoms with Crippen LogP contribution in [0.25, 0.3) is 0 Å². The van der Waals surface area contributed by atoms with E-state index in [2.05, 4.69) is 20.4 Å². The molecule has 2 aromatic rings. The molecule has 9 nitrogen and oxygen atoms in total. The highest BCUT2D eigenvalue weighted by Gasteiger charge is 2.51. The Hall–Kier alpha value is -2.71. The van der Waals surface area contributed by atoms with E-state index >= 15 is 0 Å². The lowest BCUT2D eigenvalue weighted by Crippen LogP contribution is -2.48. The molecule has 0 saturated carbocycles. The molecular formula is C20H23F3N4O5S2. The van der Waals surface area contributed by atoms with Gasteiger partial charge in [0.1, 0.15) is 41.1 Å². The lowest BCUT2D eigenvalue weighted by molar-refractivity contribution is -0.242. The van der Waals surface area contributed by atoms with Crippen LogP contribution in [0.15, 0.2) is 27.9 Å². The minimum Gasteiger partial charge on any atom is -0.587 e. The highest BCUT2D eigenvalue weighted by molar-refractivity contribution is 7.94. The summed E-state index contributed by atoms with van der Waals surface area (Å²) in [5.74, 6) is 0.0758. The van der Waals surface area contributed by atoms with Crippen LogP contribution in [0.3, 0.4) is 0 Å². The van der Waals surface area contributed by atoms with E-state index in [1.54, 1.807) is 12.4 Å². The van der Waals surface area contributed by atoms with Crippen molar-refractivity contribution in [2.75, 3.05) is 22.7 Å². The van der Waals surface area contributed by atoms with E-state index < -0.39 is 35.3 Å². The zero-order chi connectivity index (χ0) is 25.3. The number of aryl methyl sites for hydroxylation is 1. The Bertz CT molecular complexity index is 1060. The molecule has 0 bridgehead atoms. The van der Waals surface area contributed by atoms with E-state index in [-0.39, 0.29) is 24.7 Å². The van der Waals surface area contributed by atoms with Crippen LogP contribution in [-0.4, -0.2) is 52.5 Å². The molecule has 2 heterocycles. The third kappa shape index (κ3) is 5.85. The van der Waals surface area contributed by atoms with E-state index in [4.69, 9.17) is 4.74 Å². The monoisotopic (exact) mass is 520 g/mol. The van der Waals surface area contributed by atoms with E-state index in [1.807, 2.05) is 0 Å². The second-order valence-corrected chi connectivity index (χ2v) is 10.4. The van der Waals surface area contributed by atoms with Crippen LogP contribution in [0, 0.1) is 6.92 Å². The number of alkyl halides is 3. The van der Waals surface area contributed by atoms with Crippen LogP contribution in [0.5, 0.6) is 5.75 Å². The molecule has 1 aliphatic rings. The fourth-order valence-corrected chi connectivity index (χ4v) is 5.29. The number of nitrogens with zero attached hydrogens (tertiary/aromatic N) is 2. The van der Waals surface area contributed by atoms with Gasteiger partial charge in [0.25, 0.3) is 4.21 Å². The molecule has 1 aromatic heterocycles. The molecule has 0 fully saturated rings. The molecule has 34 heavy (non-hydrogen) atoms. The minimum absolute atomic E-state index is 0.119. The molecule has 0 radical (unpaired) electrons. The van der Waals surface area contributed by atoms with E-state index in [0.29, 0.717) is 21.3 Å². The number of hydrogen-bond donors (Lipinski definition) is 2. The summed E-state index contributed by atoms with van der Waals surface area (Å²) in [7, 11) is 0. The van der Waals surface area contributed by atoms with Crippen LogP contribution < -0.4 is 19.7 Å². The number of carbonyl (C=O) groups is 2. The molecule has 0 spiro atoms. The van der Waals surface area contributed by atoms with Gasteiger partial charge in [0.2, 0.25) is 11.5 Å². The number of rotatable bonds is 6. The summed E-state index contributed by atoms with van der Waals surface area (Å²) < 4.78 is 64.9. The summed E-state index contributed by atoms with van der Waals surface area (Å²) in [4.78, 5) is 27.5. The molecule has 2 atom stereocenters. The quantitative estimate of drug-likeness (QED) is 0.557. The Morgan fingerprint density at radius 2 is 2.09 bits per heavy atom.